The highest BCUT2D eigenvalue weighted by Crippen LogP contribution is 2.40. The Morgan fingerprint density at radius 3 is 2.34 bits per heavy atom. The van der Waals surface area contributed by atoms with Gasteiger partial charge in [-0.2, -0.15) is 5.10 Å². The Balaban J connectivity index is 1.83. The second-order valence-electron chi connectivity index (χ2n) is 6.76. The van der Waals surface area contributed by atoms with Crippen LogP contribution in [0.25, 0.3) is 0 Å². The SMILES string of the molecule is COC(=O)C1=NN(c2ccccc2OC)C2C(=O)N(c3ccc(C)cc3)C(=O)C12. The van der Waals surface area contributed by atoms with Crippen molar-refractivity contribution in [2.75, 3.05) is 24.1 Å². The number of methoxy groups -OCH3 is 2. The van der Waals surface area contributed by atoms with Crippen LogP contribution >= 0.6 is 0 Å². The Bertz CT molecular complexity index is 1030. The third-order valence-corrected chi connectivity index (χ3v) is 5.07. The van der Waals surface area contributed by atoms with Gasteiger partial charge in [0.25, 0.3) is 5.91 Å². The van der Waals surface area contributed by atoms with Crippen molar-refractivity contribution in [1.29, 1.82) is 0 Å². The molecule has 0 radical (unpaired) electrons. The van der Waals surface area contributed by atoms with Crippen molar-refractivity contribution >= 4 is 34.9 Å². The minimum atomic E-state index is -1.05. The number of amides is 2. The Kier molecular flexibility index (Phi) is 4.54. The number of anilines is 2. The Hall–Kier alpha value is -3.68. The van der Waals surface area contributed by atoms with Gasteiger partial charge < -0.3 is 9.47 Å². The highest BCUT2D eigenvalue weighted by Gasteiger charge is 2.59. The summed E-state index contributed by atoms with van der Waals surface area (Å²) in [4.78, 5) is 40.0. The molecule has 29 heavy (non-hydrogen) atoms. The lowest BCUT2D eigenvalue weighted by molar-refractivity contribution is -0.133. The van der Waals surface area contributed by atoms with E-state index < -0.39 is 29.7 Å². The molecule has 2 atom stereocenters. The van der Waals surface area contributed by atoms with Crippen LogP contribution in [0.3, 0.4) is 0 Å². The number of carbonyl (C=O) groups excluding carboxylic acids is 3. The number of rotatable bonds is 4. The molecule has 2 aliphatic heterocycles. The minimum Gasteiger partial charge on any atom is -0.495 e. The van der Waals surface area contributed by atoms with E-state index in [4.69, 9.17) is 9.47 Å². The first-order valence-electron chi connectivity index (χ1n) is 9.01. The molecule has 0 N–H and O–H groups in total. The summed E-state index contributed by atoms with van der Waals surface area (Å²) in [6.07, 6.45) is 0. The molecule has 148 valence electrons. The molecule has 8 nitrogen and oxygen atoms in total. The van der Waals surface area contributed by atoms with Gasteiger partial charge in [0, 0.05) is 0 Å². The smallest absolute Gasteiger partial charge is 0.355 e. The topological polar surface area (TPSA) is 88.5 Å². The maximum absolute atomic E-state index is 13.3. The second kappa shape index (κ2) is 7.05. The van der Waals surface area contributed by atoms with Crippen molar-refractivity contribution < 1.29 is 23.9 Å². The summed E-state index contributed by atoms with van der Waals surface area (Å²) in [7, 11) is 2.71. The number of hydrogen-bond acceptors (Lipinski definition) is 7. The normalized spacial score (nSPS) is 20.6. The van der Waals surface area contributed by atoms with Gasteiger partial charge in [0.1, 0.15) is 23.4 Å². The average molecular weight is 393 g/mol. The van der Waals surface area contributed by atoms with Gasteiger partial charge in [0.05, 0.1) is 19.9 Å². The summed E-state index contributed by atoms with van der Waals surface area (Å²) in [6.45, 7) is 1.91. The van der Waals surface area contributed by atoms with Crippen LogP contribution in [0.15, 0.2) is 53.6 Å². The van der Waals surface area contributed by atoms with E-state index in [-0.39, 0.29) is 5.71 Å². The van der Waals surface area contributed by atoms with Gasteiger partial charge >= 0.3 is 5.97 Å². The molecule has 2 aliphatic rings. The Morgan fingerprint density at radius 1 is 1.00 bits per heavy atom. The van der Waals surface area contributed by atoms with Gasteiger partial charge in [-0.3, -0.25) is 9.59 Å². The average Bonchev–Trinajstić information content (AvgIpc) is 3.25. The van der Waals surface area contributed by atoms with Gasteiger partial charge in [-0.05, 0) is 31.2 Å². The van der Waals surface area contributed by atoms with Crippen LogP contribution in [-0.4, -0.2) is 43.8 Å². The van der Waals surface area contributed by atoms with Crippen molar-refractivity contribution in [2.45, 2.75) is 13.0 Å². The molecular weight excluding hydrogens is 374 g/mol. The standard InChI is InChI=1S/C21H19N3O5/c1-12-8-10-13(11-9-12)23-19(25)16-17(21(27)29-3)22-24(18(16)20(23)26)14-6-4-5-7-15(14)28-2/h4-11,16,18H,1-3H3. The lowest BCUT2D eigenvalue weighted by Crippen LogP contribution is -2.39. The molecule has 8 heteroatoms. The number of para-hydroxylation sites is 2. The molecule has 2 amide bonds. The van der Waals surface area contributed by atoms with Crippen molar-refractivity contribution in [2.24, 2.45) is 11.0 Å². The number of nitrogens with zero attached hydrogens (tertiary/aromatic N) is 3. The zero-order chi connectivity index (χ0) is 20.7. The van der Waals surface area contributed by atoms with E-state index in [1.165, 1.54) is 19.2 Å². The van der Waals surface area contributed by atoms with Crippen LogP contribution in [0.5, 0.6) is 5.75 Å². The third kappa shape index (κ3) is 2.84. The van der Waals surface area contributed by atoms with E-state index >= 15 is 0 Å². The molecule has 2 unspecified atom stereocenters. The minimum absolute atomic E-state index is 0.101. The van der Waals surface area contributed by atoms with Crippen molar-refractivity contribution in [1.82, 2.24) is 0 Å². The first-order chi connectivity index (χ1) is 14.0. The zero-order valence-corrected chi connectivity index (χ0v) is 16.2. The number of carbonyl (C=O) groups is 3. The van der Waals surface area contributed by atoms with Crippen LogP contribution < -0.4 is 14.6 Å². The van der Waals surface area contributed by atoms with Gasteiger partial charge in [-0.25, -0.2) is 14.7 Å². The predicted octanol–water partition coefficient (Wildman–Crippen LogP) is 1.91. The molecule has 0 aliphatic carbocycles. The summed E-state index contributed by atoms with van der Waals surface area (Å²) < 4.78 is 10.2. The molecule has 0 spiro atoms. The number of hydrogen-bond donors (Lipinski definition) is 0. The van der Waals surface area contributed by atoms with Crippen LogP contribution in [-0.2, 0) is 19.1 Å². The fourth-order valence-corrected chi connectivity index (χ4v) is 3.65. The molecular formula is C21H19N3O5. The van der Waals surface area contributed by atoms with Gasteiger partial charge in [-0.1, -0.05) is 29.8 Å². The predicted molar refractivity (Wildman–Crippen MR) is 106 cm³/mol. The zero-order valence-electron chi connectivity index (χ0n) is 16.2. The first kappa shape index (κ1) is 18.7. The van der Waals surface area contributed by atoms with Crippen molar-refractivity contribution in [3.05, 3.63) is 54.1 Å². The number of hydrazone groups is 1. The molecule has 2 heterocycles. The van der Waals surface area contributed by atoms with E-state index in [1.807, 2.05) is 19.1 Å². The van der Waals surface area contributed by atoms with Crippen LogP contribution in [0.4, 0.5) is 11.4 Å². The van der Waals surface area contributed by atoms with Gasteiger partial charge in [-0.15, -0.1) is 0 Å². The van der Waals surface area contributed by atoms with Crippen molar-refractivity contribution in [3.63, 3.8) is 0 Å². The number of aryl methyl sites for hydroxylation is 1. The van der Waals surface area contributed by atoms with E-state index in [9.17, 15) is 14.4 Å². The van der Waals surface area contributed by atoms with Crippen LogP contribution in [0.2, 0.25) is 0 Å². The summed E-state index contributed by atoms with van der Waals surface area (Å²) in [6, 6.07) is 13.0. The first-order valence-corrected chi connectivity index (χ1v) is 9.01. The quantitative estimate of drug-likeness (QED) is 0.582. The molecule has 2 aromatic rings. The Morgan fingerprint density at radius 2 is 1.69 bits per heavy atom. The van der Waals surface area contributed by atoms with E-state index in [1.54, 1.807) is 36.4 Å². The number of fused-ring (bicyclic) bond motifs is 1. The van der Waals surface area contributed by atoms with Crippen molar-refractivity contribution in [3.8, 4) is 5.75 Å². The fourth-order valence-electron chi connectivity index (χ4n) is 3.65. The fraction of sp³-hybridized carbons (Fsp3) is 0.238. The number of esters is 1. The maximum Gasteiger partial charge on any atom is 0.355 e. The van der Waals surface area contributed by atoms with E-state index in [2.05, 4.69) is 5.10 Å². The molecule has 1 fully saturated rings. The van der Waals surface area contributed by atoms with Crippen LogP contribution in [0, 0.1) is 12.8 Å². The monoisotopic (exact) mass is 393 g/mol. The molecule has 0 saturated carbocycles. The lowest BCUT2D eigenvalue weighted by atomic mass is 9.97. The molecule has 0 bridgehead atoms. The summed E-state index contributed by atoms with van der Waals surface area (Å²) in [5, 5.41) is 5.67. The number of ether oxygens (including phenoxy) is 2. The van der Waals surface area contributed by atoms with E-state index in [0.717, 1.165) is 10.5 Å². The second-order valence-corrected chi connectivity index (χ2v) is 6.76. The third-order valence-electron chi connectivity index (χ3n) is 5.07. The largest absolute Gasteiger partial charge is 0.495 e. The highest BCUT2D eigenvalue weighted by molar-refractivity contribution is 6.47. The molecule has 0 aromatic heterocycles. The highest BCUT2D eigenvalue weighted by atomic mass is 16.5. The van der Waals surface area contributed by atoms with Crippen LogP contribution in [0.1, 0.15) is 5.56 Å². The van der Waals surface area contributed by atoms with Gasteiger partial charge in [0.2, 0.25) is 5.91 Å². The molecule has 2 aromatic carbocycles. The summed E-state index contributed by atoms with van der Waals surface area (Å²) >= 11 is 0. The lowest BCUT2D eigenvalue weighted by Gasteiger charge is -2.23. The summed E-state index contributed by atoms with van der Waals surface area (Å²) in [5.41, 5.74) is 1.83. The molecule has 4 rings (SSSR count). The Labute approximate surface area is 167 Å². The van der Waals surface area contributed by atoms with E-state index in [0.29, 0.717) is 17.1 Å². The van der Waals surface area contributed by atoms with Gasteiger partial charge in [0.15, 0.2) is 5.71 Å². The molecule has 1 saturated heterocycles. The number of benzene rings is 2. The maximum atomic E-state index is 13.3. The number of imide groups is 1. The summed E-state index contributed by atoms with van der Waals surface area (Å²) in [5.74, 6) is -2.30.